The van der Waals surface area contributed by atoms with E-state index in [1.807, 2.05) is 48.5 Å². The van der Waals surface area contributed by atoms with E-state index < -0.39 is 0 Å². The standard InChI is InChI=1S/C18H20INO2/c1-2-3-6-13-22-15-11-9-14(10-12-15)20-18(21)16-7-4-5-8-17(16)19/h4-5,7-12H,2-3,6,13H2,1H3,(H,20,21). The molecule has 0 saturated carbocycles. The van der Waals surface area contributed by atoms with Crippen molar-refractivity contribution in [1.82, 2.24) is 0 Å². The predicted octanol–water partition coefficient (Wildman–Crippen LogP) is 5.11. The first kappa shape index (κ1) is 16.8. The van der Waals surface area contributed by atoms with Crippen LogP contribution in [0, 0.1) is 3.57 Å². The van der Waals surface area contributed by atoms with Crippen LogP contribution in [0.4, 0.5) is 5.69 Å². The van der Waals surface area contributed by atoms with E-state index in [-0.39, 0.29) is 5.91 Å². The molecule has 1 amide bonds. The third-order valence-corrected chi connectivity index (χ3v) is 4.19. The molecule has 0 saturated heterocycles. The first-order chi connectivity index (χ1) is 10.7. The van der Waals surface area contributed by atoms with Crippen molar-refractivity contribution in [1.29, 1.82) is 0 Å². The van der Waals surface area contributed by atoms with Crippen LogP contribution < -0.4 is 10.1 Å². The van der Waals surface area contributed by atoms with Gasteiger partial charge in [-0.3, -0.25) is 4.79 Å². The van der Waals surface area contributed by atoms with Crippen LogP contribution in [0.1, 0.15) is 36.5 Å². The molecule has 2 aromatic carbocycles. The lowest BCUT2D eigenvalue weighted by molar-refractivity contribution is 0.102. The van der Waals surface area contributed by atoms with E-state index in [0.717, 1.165) is 28.0 Å². The van der Waals surface area contributed by atoms with Crippen molar-refractivity contribution in [3.8, 4) is 5.75 Å². The zero-order valence-corrected chi connectivity index (χ0v) is 14.8. The summed E-state index contributed by atoms with van der Waals surface area (Å²) in [5.41, 5.74) is 1.45. The van der Waals surface area contributed by atoms with E-state index >= 15 is 0 Å². The van der Waals surface area contributed by atoms with Crippen LogP contribution in [0.25, 0.3) is 0 Å². The number of carbonyl (C=O) groups is 1. The van der Waals surface area contributed by atoms with E-state index in [1.54, 1.807) is 0 Å². The summed E-state index contributed by atoms with van der Waals surface area (Å²) >= 11 is 2.16. The molecule has 0 fully saturated rings. The number of hydrogen-bond acceptors (Lipinski definition) is 2. The highest BCUT2D eigenvalue weighted by atomic mass is 127. The number of rotatable bonds is 7. The Labute approximate surface area is 145 Å². The van der Waals surface area contributed by atoms with Crippen LogP contribution in [0.15, 0.2) is 48.5 Å². The molecule has 116 valence electrons. The van der Waals surface area contributed by atoms with Gasteiger partial charge < -0.3 is 10.1 Å². The van der Waals surface area contributed by atoms with Crippen molar-refractivity contribution in [3.63, 3.8) is 0 Å². The largest absolute Gasteiger partial charge is 0.494 e. The van der Waals surface area contributed by atoms with Gasteiger partial charge >= 0.3 is 0 Å². The quantitative estimate of drug-likeness (QED) is 0.510. The summed E-state index contributed by atoms with van der Waals surface area (Å²) in [7, 11) is 0. The Hall–Kier alpha value is -1.56. The minimum Gasteiger partial charge on any atom is -0.494 e. The van der Waals surface area contributed by atoms with Crippen molar-refractivity contribution in [2.24, 2.45) is 0 Å². The number of ether oxygens (including phenoxy) is 1. The van der Waals surface area contributed by atoms with Gasteiger partial charge in [0.1, 0.15) is 5.75 Å². The number of benzene rings is 2. The van der Waals surface area contributed by atoms with Gasteiger partial charge in [-0.05, 0) is 65.4 Å². The van der Waals surface area contributed by atoms with Crippen LogP contribution in [0.3, 0.4) is 0 Å². The highest BCUT2D eigenvalue weighted by Gasteiger charge is 2.09. The van der Waals surface area contributed by atoms with E-state index in [9.17, 15) is 4.79 Å². The normalized spacial score (nSPS) is 10.3. The van der Waals surface area contributed by atoms with Crippen molar-refractivity contribution in [2.75, 3.05) is 11.9 Å². The molecule has 4 heteroatoms. The SMILES string of the molecule is CCCCCOc1ccc(NC(=O)c2ccccc2I)cc1. The number of carbonyl (C=O) groups excluding carboxylic acids is 1. The predicted molar refractivity (Wildman–Crippen MR) is 98.6 cm³/mol. The average Bonchev–Trinajstić information content (AvgIpc) is 2.53. The number of unbranched alkanes of at least 4 members (excludes halogenated alkanes) is 2. The van der Waals surface area contributed by atoms with Gasteiger partial charge in [-0.25, -0.2) is 0 Å². The van der Waals surface area contributed by atoms with E-state index in [0.29, 0.717) is 5.56 Å². The first-order valence-corrected chi connectivity index (χ1v) is 8.57. The lowest BCUT2D eigenvalue weighted by Crippen LogP contribution is -2.13. The van der Waals surface area contributed by atoms with Crippen LogP contribution >= 0.6 is 22.6 Å². The maximum atomic E-state index is 12.2. The lowest BCUT2D eigenvalue weighted by atomic mass is 10.2. The van der Waals surface area contributed by atoms with Gasteiger partial charge in [0.25, 0.3) is 5.91 Å². The molecule has 0 aliphatic carbocycles. The van der Waals surface area contributed by atoms with Gasteiger partial charge in [-0.2, -0.15) is 0 Å². The topological polar surface area (TPSA) is 38.3 Å². The maximum absolute atomic E-state index is 12.2. The zero-order valence-electron chi connectivity index (χ0n) is 12.6. The zero-order chi connectivity index (χ0) is 15.8. The fraction of sp³-hybridized carbons (Fsp3) is 0.278. The van der Waals surface area contributed by atoms with E-state index in [1.165, 1.54) is 12.8 Å². The molecule has 0 bridgehead atoms. The van der Waals surface area contributed by atoms with Crippen LogP contribution in [-0.2, 0) is 0 Å². The third-order valence-electron chi connectivity index (χ3n) is 3.25. The van der Waals surface area contributed by atoms with Crippen LogP contribution in [0.5, 0.6) is 5.75 Å². The van der Waals surface area contributed by atoms with Crippen molar-refractivity contribution >= 4 is 34.2 Å². The lowest BCUT2D eigenvalue weighted by Gasteiger charge is -2.09. The second kappa shape index (κ2) is 8.78. The summed E-state index contributed by atoms with van der Waals surface area (Å²) in [6.07, 6.45) is 3.44. The molecule has 3 nitrogen and oxygen atoms in total. The fourth-order valence-electron chi connectivity index (χ4n) is 2.02. The van der Waals surface area contributed by atoms with E-state index in [4.69, 9.17) is 4.74 Å². The molecule has 0 aromatic heterocycles. The van der Waals surface area contributed by atoms with Gasteiger partial charge in [-0.1, -0.05) is 31.9 Å². The molecule has 0 aliphatic rings. The highest BCUT2D eigenvalue weighted by Crippen LogP contribution is 2.18. The Bertz CT molecular complexity index is 611. The maximum Gasteiger partial charge on any atom is 0.256 e. The molecule has 0 atom stereocenters. The molecular formula is C18H20INO2. The molecule has 0 heterocycles. The van der Waals surface area contributed by atoms with Crippen molar-refractivity contribution in [2.45, 2.75) is 26.2 Å². The molecule has 0 radical (unpaired) electrons. The Kier molecular flexibility index (Phi) is 6.71. The van der Waals surface area contributed by atoms with Crippen molar-refractivity contribution < 1.29 is 9.53 Å². The summed E-state index contributed by atoms with van der Waals surface area (Å²) in [6, 6.07) is 15.0. The molecule has 0 aliphatic heterocycles. The Balaban J connectivity index is 1.91. The minimum absolute atomic E-state index is 0.0957. The molecular weight excluding hydrogens is 389 g/mol. The number of anilines is 1. The van der Waals surface area contributed by atoms with Crippen molar-refractivity contribution in [3.05, 3.63) is 57.7 Å². The summed E-state index contributed by atoms with van der Waals surface area (Å²) in [5, 5.41) is 2.90. The Morgan fingerprint density at radius 1 is 1.09 bits per heavy atom. The summed E-state index contributed by atoms with van der Waals surface area (Å²) in [4.78, 5) is 12.2. The molecule has 1 N–H and O–H groups in total. The second-order valence-corrected chi connectivity index (χ2v) is 6.18. The molecule has 0 spiro atoms. The van der Waals surface area contributed by atoms with E-state index in [2.05, 4.69) is 34.8 Å². The summed E-state index contributed by atoms with van der Waals surface area (Å²) < 4.78 is 6.60. The minimum atomic E-state index is -0.0957. The Morgan fingerprint density at radius 3 is 2.50 bits per heavy atom. The van der Waals surface area contributed by atoms with Gasteiger partial charge in [0.05, 0.1) is 12.2 Å². The second-order valence-electron chi connectivity index (χ2n) is 5.01. The monoisotopic (exact) mass is 409 g/mol. The first-order valence-electron chi connectivity index (χ1n) is 7.49. The average molecular weight is 409 g/mol. The van der Waals surface area contributed by atoms with Gasteiger partial charge in [-0.15, -0.1) is 0 Å². The fourth-order valence-corrected chi connectivity index (χ4v) is 2.65. The van der Waals surface area contributed by atoms with Crippen LogP contribution in [-0.4, -0.2) is 12.5 Å². The highest BCUT2D eigenvalue weighted by molar-refractivity contribution is 14.1. The molecule has 2 rings (SSSR count). The van der Waals surface area contributed by atoms with Gasteiger partial charge in [0.2, 0.25) is 0 Å². The summed E-state index contributed by atoms with van der Waals surface area (Å²) in [6.45, 7) is 2.91. The Morgan fingerprint density at radius 2 is 1.82 bits per heavy atom. The smallest absolute Gasteiger partial charge is 0.256 e. The molecule has 22 heavy (non-hydrogen) atoms. The van der Waals surface area contributed by atoms with Gasteiger partial charge in [0, 0.05) is 9.26 Å². The van der Waals surface area contributed by atoms with Gasteiger partial charge in [0.15, 0.2) is 0 Å². The number of amides is 1. The van der Waals surface area contributed by atoms with Crippen LogP contribution in [0.2, 0.25) is 0 Å². The third kappa shape index (κ3) is 5.02. The molecule has 2 aromatic rings. The number of nitrogens with one attached hydrogen (secondary N) is 1. The molecule has 0 unspecified atom stereocenters. The number of halogens is 1. The number of hydrogen-bond donors (Lipinski definition) is 1. The summed E-state index contributed by atoms with van der Waals surface area (Å²) in [5.74, 6) is 0.741.